The Morgan fingerprint density at radius 2 is 2.18 bits per heavy atom. The highest BCUT2D eigenvalue weighted by molar-refractivity contribution is 5.74. The van der Waals surface area contributed by atoms with Gasteiger partial charge >= 0.3 is 5.97 Å². The number of carbonyl (C=O) groups is 2. The maximum absolute atomic E-state index is 11.9. The van der Waals surface area contributed by atoms with Gasteiger partial charge in [0.25, 0.3) is 0 Å². The lowest BCUT2D eigenvalue weighted by Crippen LogP contribution is -2.36. The van der Waals surface area contributed by atoms with Crippen LogP contribution in [0.1, 0.15) is 13.3 Å². The molecule has 0 aliphatic carbocycles. The third kappa shape index (κ3) is 5.32. The normalized spacial score (nSPS) is 12.2. The highest BCUT2D eigenvalue weighted by Crippen LogP contribution is 1.92. The zero-order valence-electron chi connectivity index (χ0n) is 6.13. The number of hydrogen-bond donors (Lipinski definition) is 2. The van der Waals surface area contributed by atoms with Crippen LogP contribution in [0.3, 0.4) is 0 Å². The summed E-state index contributed by atoms with van der Waals surface area (Å²) in [7, 11) is 0. The molecule has 2 N–H and O–H groups in total. The fraction of sp³-hybridized carbons (Fsp3) is 0.667. The lowest BCUT2D eigenvalue weighted by molar-refractivity contribution is -0.137. The number of nitrogens with one attached hydrogen (secondary N) is 1. The molecule has 4 nitrogen and oxygen atoms in total. The zero-order valence-corrected chi connectivity index (χ0v) is 6.13. The maximum Gasteiger partial charge on any atom is 0.305 e. The van der Waals surface area contributed by atoms with Crippen molar-refractivity contribution < 1.29 is 19.1 Å². The Labute approximate surface area is 63.4 Å². The van der Waals surface area contributed by atoms with Crippen LogP contribution in [0.5, 0.6) is 0 Å². The minimum atomic E-state index is -1.12. The molecule has 5 heteroatoms. The van der Waals surface area contributed by atoms with Gasteiger partial charge in [-0.25, -0.2) is 4.39 Å². The number of halogens is 1. The first kappa shape index (κ1) is 9.87. The van der Waals surface area contributed by atoms with Crippen LogP contribution in [0.25, 0.3) is 0 Å². The number of alkyl halides is 1. The van der Waals surface area contributed by atoms with Crippen LogP contribution in [0, 0.1) is 0 Å². The zero-order chi connectivity index (χ0) is 8.85. The molecule has 0 radical (unpaired) electrons. The molecule has 1 atom stereocenters. The SMILES string of the molecule is CC(=O)NC(CF)CC(=O)O. The summed E-state index contributed by atoms with van der Waals surface area (Å²) in [4.78, 5) is 20.4. The van der Waals surface area contributed by atoms with Crippen LogP contribution in [-0.2, 0) is 9.59 Å². The van der Waals surface area contributed by atoms with E-state index in [4.69, 9.17) is 5.11 Å². The molecule has 0 aromatic rings. The lowest BCUT2D eigenvalue weighted by Gasteiger charge is -2.10. The van der Waals surface area contributed by atoms with Crippen molar-refractivity contribution in [3.8, 4) is 0 Å². The second kappa shape index (κ2) is 4.65. The predicted molar refractivity (Wildman–Crippen MR) is 35.8 cm³/mol. The highest BCUT2D eigenvalue weighted by Gasteiger charge is 2.12. The van der Waals surface area contributed by atoms with Crippen molar-refractivity contribution in [2.24, 2.45) is 0 Å². The van der Waals surface area contributed by atoms with E-state index in [0.29, 0.717) is 0 Å². The van der Waals surface area contributed by atoms with Gasteiger partial charge in [0.1, 0.15) is 6.67 Å². The van der Waals surface area contributed by atoms with E-state index in [2.05, 4.69) is 5.32 Å². The summed E-state index contributed by atoms with van der Waals surface area (Å²) in [6.45, 7) is 0.358. The van der Waals surface area contributed by atoms with Gasteiger partial charge in [-0.15, -0.1) is 0 Å². The average Bonchev–Trinajstić information content (AvgIpc) is 1.84. The van der Waals surface area contributed by atoms with Gasteiger partial charge in [-0.05, 0) is 0 Å². The molecule has 0 saturated carbocycles. The smallest absolute Gasteiger partial charge is 0.305 e. The molecule has 0 rings (SSSR count). The molecule has 1 amide bonds. The van der Waals surface area contributed by atoms with E-state index < -0.39 is 24.6 Å². The average molecular weight is 163 g/mol. The Kier molecular flexibility index (Phi) is 4.17. The van der Waals surface area contributed by atoms with Gasteiger partial charge < -0.3 is 10.4 Å². The Balaban J connectivity index is 3.76. The first-order valence-corrected chi connectivity index (χ1v) is 3.11. The summed E-state index contributed by atoms with van der Waals surface area (Å²) in [5, 5.41) is 10.4. The van der Waals surface area contributed by atoms with Crippen LogP contribution in [0.15, 0.2) is 0 Å². The third-order valence-corrected chi connectivity index (χ3v) is 1.01. The standard InChI is InChI=1S/C6H10FNO3/c1-4(9)8-5(3-7)2-6(10)11/h5H,2-3H2,1H3,(H,8,9)(H,10,11). The first-order valence-electron chi connectivity index (χ1n) is 3.11. The molecule has 1 unspecified atom stereocenters. The van der Waals surface area contributed by atoms with Crippen LogP contribution in [0.4, 0.5) is 4.39 Å². The van der Waals surface area contributed by atoms with Crippen molar-refractivity contribution in [2.75, 3.05) is 6.67 Å². The van der Waals surface area contributed by atoms with Gasteiger partial charge in [-0.2, -0.15) is 0 Å². The molecule has 0 aromatic heterocycles. The van der Waals surface area contributed by atoms with E-state index >= 15 is 0 Å². The molecule has 0 heterocycles. The van der Waals surface area contributed by atoms with Crippen molar-refractivity contribution in [3.63, 3.8) is 0 Å². The van der Waals surface area contributed by atoms with Gasteiger partial charge in [0.15, 0.2) is 0 Å². The molecule has 0 spiro atoms. The van der Waals surface area contributed by atoms with Crippen molar-refractivity contribution in [2.45, 2.75) is 19.4 Å². The monoisotopic (exact) mass is 163 g/mol. The summed E-state index contributed by atoms with van der Waals surface area (Å²) < 4.78 is 11.9. The van der Waals surface area contributed by atoms with E-state index in [1.54, 1.807) is 0 Å². The molecule has 0 saturated heterocycles. The topological polar surface area (TPSA) is 66.4 Å². The minimum absolute atomic E-state index is 0.379. The second-order valence-corrected chi connectivity index (χ2v) is 2.15. The fourth-order valence-corrected chi connectivity index (χ4v) is 0.642. The van der Waals surface area contributed by atoms with Gasteiger partial charge in [0.2, 0.25) is 5.91 Å². The number of carbonyl (C=O) groups excluding carboxylic acids is 1. The number of amides is 1. The van der Waals surface area contributed by atoms with Crippen LogP contribution >= 0.6 is 0 Å². The number of rotatable bonds is 4. The van der Waals surface area contributed by atoms with Crippen molar-refractivity contribution >= 4 is 11.9 Å². The quantitative estimate of drug-likeness (QED) is 0.609. The summed E-state index contributed by atoms with van der Waals surface area (Å²) >= 11 is 0. The van der Waals surface area contributed by atoms with Crippen molar-refractivity contribution in [1.82, 2.24) is 5.32 Å². The predicted octanol–water partition coefficient (Wildman–Crippen LogP) is -0.0647. The largest absolute Gasteiger partial charge is 0.481 e. The maximum atomic E-state index is 11.9. The van der Waals surface area contributed by atoms with E-state index in [1.165, 1.54) is 6.92 Å². The van der Waals surface area contributed by atoms with Gasteiger partial charge in [-0.1, -0.05) is 0 Å². The van der Waals surface area contributed by atoms with Crippen molar-refractivity contribution in [3.05, 3.63) is 0 Å². The first-order chi connectivity index (χ1) is 5.06. The molecule has 0 aliphatic rings. The fourth-order valence-electron chi connectivity index (χ4n) is 0.642. The molecule has 64 valence electrons. The summed E-state index contributed by atoms with van der Waals surface area (Å²) in [6.07, 6.45) is -0.379. The highest BCUT2D eigenvalue weighted by atomic mass is 19.1. The summed E-state index contributed by atoms with van der Waals surface area (Å²) in [5.41, 5.74) is 0. The Hall–Kier alpha value is -1.13. The summed E-state index contributed by atoms with van der Waals surface area (Å²) in [5.74, 6) is -1.55. The molecular formula is C6H10FNO3. The Morgan fingerprint density at radius 3 is 2.45 bits per heavy atom. The van der Waals surface area contributed by atoms with Crippen LogP contribution < -0.4 is 5.32 Å². The Bertz CT molecular complexity index is 144. The van der Waals surface area contributed by atoms with E-state index in [-0.39, 0.29) is 6.42 Å². The lowest BCUT2D eigenvalue weighted by atomic mass is 10.2. The van der Waals surface area contributed by atoms with Gasteiger partial charge in [-0.3, -0.25) is 9.59 Å². The number of aliphatic carboxylic acids is 1. The third-order valence-electron chi connectivity index (χ3n) is 1.01. The number of carboxylic acids is 1. The minimum Gasteiger partial charge on any atom is -0.481 e. The number of carboxylic acid groups (broad SMARTS) is 1. The molecule has 11 heavy (non-hydrogen) atoms. The van der Waals surface area contributed by atoms with Gasteiger partial charge in [0, 0.05) is 6.92 Å². The molecule has 0 aromatic carbocycles. The van der Waals surface area contributed by atoms with Crippen molar-refractivity contribution in [1.29, 1.82) is 0 Å². The van der Waals surface area contributed by atoms with E-state index in [9.17, 15) is 14.0 Å². The summed E-state index contributed by atoms with van der Waals surface area (Å²) in [6, 6.07) is -0.898. The van der Waals surface area contributed by atoms with Crippen LogP contribution in [-0.4, -0.2) is 29.7 Å². The van der Waals surface area contributed by atoms with E-state index in [0.717, 1.165) is 0 Å². The van der Waals surface area contributed by atoms with Gasteiger partial charge in [0.05, 0.1) is 12.5 Å². The molecule has 0 bridgehead atoms. The molecule has 0 fully saturated rings. The van der Waals surface area contributed by atoms with E-state index in [1.807, 2.05) is 0 Å². The van der Waals surface area contributed by atoms with Crippen LogP contribution in [0.2, 0.25) is 0 Å². The molecular weight excluding hydrogens is 153 g/mol. The Morgan fingerprint density at radius 1 is 1.64 bits per heavy atom. The molecule has 0 aliphatic heterocycles. The number of hydrogen-bond acceptors (Lipinski definition) is 2. The second-order valence-electron chi connectivity index (χ2n) is 2.15.